The third-order valence-corrected chi connectivity index (χ3v) is 2.32. The molecular weight excluding hydrogens is 190 g/mol. The second-order valence-electron chi connectivity index (χ2n) is 2.95. The predicted octanol–water partition coefficient (Wildman–Crippen LogP) is 1.93. The fourth-order valence-electron chi connectivity index (χ4n) is 1.17. The molecule has 0 amide bonds. The van der Waals surface area contributed by atoms with Gasteiger partial charge in [0.05, 0.1) is 0 Å². The molecule has 0 unspecified atom stereocenters. The smallest absolute Gasteiger partial charge is 0.253 e. The first-order valence-electron chi connectivity index (χ1n) is 4.16. The van der Waals surface area contributed by atoms with Gasteiger partial charge in [-0.25, -0.2) is 0 Å². The number of rotatable bonds is 2. The Kier molecular flexibility index (Phi) is 2.98. The van der Waals surface area contributed by atoms with E-state index in [0.29, 0.717) is 12.1 Å². The molecule has 4 heteroatoms. The van der Waals surface area contributed by atoms with Crippen LogP contribution in [-0.2, 0) is 6.54 Å². The molecule has 0 aliphatic heterocycles. The largest absolute Gasteiger partial charge is 0.493 e. The molecule has 1 rings (SSSR count). The Morgan fingerprint density at radius 3 is 2.77 bits per heavy atom. The Morgan fingerprint density at radius 1 is 1.62 bits per heavy atom. The van der Waals surface area contributed by atoms with E-state index in [0.717, 1.165) is 6.42 Å². The van der Waals surface area contributed by atoms with E-state index in [4.69, 9.17) is 11.6 Å². The summed E-state index contributed by atoms with van der Waals surface area (Å²) in [4.78, 5) is 11.3. The molecule has 0 fully saturated rings. The highest BCUT2D eigenvalue weighted by Gasteiger charge is 2.09. The Labute approximate surface area is 81.6 Å². The van der Waals surface area contributed by atoms with Gasteiger partial charge in [-0.2, -0.15) is 0 Å². The summed E-state index contributed by atoms with van der Waals surface area (Å²) in [5.74, 6) is -0.131. The molecule has 0 aliphatic carbocycles. The first kappa shape index (κ1) is 10.1. The van der Waals surface area contributed by atoms with Crippen molar-refractivity contribution in [3.05, 3.63) is 27.0 Å². The van der Waals surface area contributed by atoms with Crippen molar-refractivity contribution in [1.82, 2.24) is 4.57 Å². The van der Waals surface area contributed by atoms with Crippen molar-refractivity contribution in [2.45, 2.75) is 26.8 Å². The molecule has 0 saturated heterocycles. The predicted molar refractivity (Wildman–Crippen MR) is 52.4 cm³/mol. The van der Waals surface area contributed by atoms with Gasteiger partial charge >= 0.3 is 0 Å². The summed E-state index contributed by atoms with van der Waals surface area (Å²) in [6.07, 6.45) is 0.785. The van der Waals surface area contributed by atoms with Crippen molar-refractivity contribution < 1.29 is 5.11 Å². The Morgan fingerprint density at radius 2 is 2.23 bits per heavy atom. The summed E-state index contributed by atoms with van der Waals surface area (Å²) < 4.78 is 1.27. The highest BCUT2D eigenvalue weighted by Crippen LogP contribution is 2.24. The molecule has 72 valence electrons. The van der Waals surface area contributed by atoms with Gasteiger partial charge in [0.2, 0.25) is 5.88 Å². The van der Waals surface area contributed by atoms with Crippen LogP contribution in [0.15, 0.2) is 10.9 Å². The van der Waals surface area contributed by atoms with E-state index in [9.17, 15) is 9.90 Å². The van der Waals surface area contributed by atoms with E-state index in [1.807, 2.05) is 6.92 Å². The Hall–Kier alpha value is -0.960. The normalized spacial score (nSPS) is 10.4. The number of nitrogens with zero attached hydrogens (tertiary/aromatic N) is 1. The molecule has 0 atom stereocenters. The summed E-state index contributed by atoms with van der Waals surface area (Å²) in [6, 6.07) is 1.43. The molecule has 0 radical (unpaired) electrons. The lowest BCUT2D eigenvalue weighted by atomic mass is 10.3. The first-order valence-corrected chi connectivity index (χ1v) is 4.54. The lowest BCUT2D eigenvalue weighted by Crippen LogP contribution is -2.19. The van der Waals surface area contributed by atoms with Crippen LogP contribution in [0.4, 0.5) is 0 Å². The van der Waals surface area contributed by atoms with Crippen LogP contribution in [-0.4, -0.2) is 9.67 Å². The van der Waals surface area contributed by atoms with Crippen LogP contribution in [0.25, 0.3) is 0 Å². The van der Waals surface area contributed by atoms with Gasteiger partial charge in [0.15, 0.2) is 0 Å². The van der Waals surface area contributed by atoms with Crippen molar-refractivity contribution in [2.75, 3.05) is 0 Å². The van der Waals surface area contributed by atoms with E-state index < -0.39 is 0 Å². The number of pyridine rings is 1. The summed E-state index contributed by atoms with van der Waals surface area (Å²) in [5, 5.41) is 9.78. The summed E-state index contributed by atoms with van der Waals surface area (Å²) in [6.45, 7) is 4.12. The van der Waals surface area contributed by atoms with Gasteiger partial charge in [0, 0.05) is 12.6 Å². The topological polar surface area (TPSA) is 42.2 Å². The zero-order chi connectivity index (χ0) is 10.0. The second-order valence-corrected chi connectivity index (χ2v) is 3.33. The van der Waals surface area contributed by atoms with Crippen LogP contribution in [0.5, 0.6) is 5.88 Å². The minimum atomic E-state index is -0.207. The quantitative estimate of drug-likeness (QED) is 0.795. The van der Waals surface area contributed by atoms with E-state index in [1.165, 1.54) is 10.6 Å². The van der Waals surface area contributed by atoms with Gasteiger partial charge in [-0.1, -0.05) is 18.5 Å². The molecule has 1 N–H and O–H groups in total. The van der Waals surface area contributed by atoms with Crippen molar-refractivity contribution in [2.24, 2.45) is 0 Å². The van der Waals surface area contributed by atoms with Gasteiger partial charge in [-0.05, 0) is 18.9 Å². The van der Waals surface area contributed by atoms with Crippen LogP contribution in [0.3, 0.4) is 0 Å². The van der Waals surface area contributed by atoms with E-state index >= 15 is 0 Å². The number of hydrogen-bond donors (Lipinski definition) is 1. The number of aryl methyl sites for hydroxylation is 1. The zero-order valence-corrected chi connectivity index (χ0v) is 8.43. The average molecular weight is 202 g/mol. The molecule has 0 aliphatic rings. The van der Waals surface area contributed by atoms with Crippen LogP contribution >= 0.6 is 11.6 Å². The average Bonchev–Trinajstić information content (AvgIpc) is 2.09. The molecular formula is C9H12ClNO2. The lowest BCUT2D eigenvalue weighted by Gasteiger charge is -2.09. The molecule has 0 spiro atoms. The maximum atomic E-state index is 11.3. The standard InChI is InChI=1S/C9H12ClNO2/c1-3-4-11-7(12)5-6(2)8(10)9(11)13/h5,13H,3-4H2,1-2H3. The van der Waals surface area contributed by atoms with Crippen LogP contribution in [0, 0.1) is 6.92 Å². The van der Waals surface area contributed by atoms with Crippen LogP contribution in [0.1, 0.15) is 18.9 Å². The minimum Gasteiger partial charge on any atom is -0.493 e. The van der Waals surface area contributed by atoms with Crippen LogP contribution < -0.4 is 5.56 Å². The van der Waals surface area contributed by atoms with Crippen LogP contribution in [0.2, 0.25) is 5.02 Å². The maximum Gasteiger partial charge on any atom is 0.253 e. The molecule has 0 aromatic carbocycles. The first-order chi connectivity index (χ1) is 6.07. The summed E-state index contributed by atoms with van der Waals surface area (Å²) in [7, 11) is 0. The fourth-order valence-corrected chi connectivity index (χ4v) is 1.32. The van der Waals surface area contributed by atoms with Gasteiger partial charge in [0.1, 0.15) is 5.02 Å². The molecule has 3 nitrogen and oxygen atoms in total. The van der Waals surface area contributed by atoms with Gasteiger partial charge in [-0.15, -0.1) is 0 Å². The third kappa shape index (κ3) is 1.86. The number of halogens is 1. The van der Waals surface area contributed by atoms with Crippen molar-refractivity contribution in [3.63, 3.8) is 0 Å². The molecule has 13 heavy (non-hydrogen) atoms. The van der Waals surface area contributed by atoms with Crippen molar-refractivity contribution in [3.8, 4) is 5.88 Å². The Balaban J connectivity index is 3.35. The second kappa shape index (κ2) is 3.83. The highest BCUT2D eigenvalue weighted by molar-refractivity contribution is 6.32. The molecule has 0 bridgehead atoms. The highest BCUT2D eigenvalue weighted by atomic mass is 35.5. The summed E-state index contributed by atoms with van der Waals surface area (Å²) >= 11 is 5.78. The van der Waals surface area contributed by atoms with E-state index in [1.54, 1.807) is 6.92 Å². The van der Waals surface area contributed by atoms with Gasteiger partial charge in [-0.3, -0.25) is 9.36 Å². The molecule has 1 heterocycles. The monoisotopic (exact) mass is 201 g/mol. The lowest BCUT2D eigenvalue weighted by molar-refractivity contribution is 0.404. The van der Waals surface area contributed by atoms with E-state index in [-0.39, 0.29) is 16.5 Å². The van der Waals surface area contributed by atoms with Crippen molar-refractivity contribution in [1.29, 1.82) is 0 Å². The maximum absolute atomic E-state index is 11.3. The fraction of sp³-hybridized carbons (Fsp3) is 0.444. The Bertz CT molecular complexity index is 371. The zero-order valence-electron chi connectivity index (χ0n) is 7.67. The molecule has 0 saturated carbocycles. The number of aromatic hydroxyl groups is 1. The molecule has 1 aromatic heterocycles. The minimum absolute atomic E-state index is 0.131. The third-order valence-electron chi connectivity index (χ3n) is 1.85. The van der Waals surface area contributed by atoms with Gasteiger partial charge < -0.3 is 5.11 Å². The van der Waals surface area contributed by atoms with Crippen molar-refractivity contribution >= 4 is 11.6 Å². The summed E-state index contributed by atoms with van der Waals surface area (Å²) in [5.41, 5.74) is 0.401. The number of aromatic nitrogens is 1. The van der Waals surface area contributed by atoms with E-state index in [2.05, 4.69) is 0 Å². The molecule has 1 aromatic rings. The number of hydrogen-bond acceptors (Lipinski definition) is 2. The SMILES string of the molecule is CCCn1c(O)c(Cl)c(C)cc1=O. The van der Waals surface area contributed by atoms with Gasteiger partial charge in [0.25, 0.3) is 5.56 Å².